The van der Waals surface area contributed by atoms with Crippen LogP contribution in [-0.4, -0.2) is 25.7 Å². The van der Waals surface area contributed by atoms with Crippen LogP contribution in [0.15, 0.2) is 30.6 Å². The Morgan fingerprint density at radius 2 is 2.22 bits per heavy atom. The second-order valence-electron chi connectivity index (χ2n) is 3.77. The summed E-state index contributed by atoms with van der Waals surface area (Å²) < 4.78 is 1.61. The van der Waals surface area contributed by atoms with Crippen molar-refractivity contribution in [1.82, 2.24) is 19.8 Å². The molecule has 1 aromatic carbocycles. The Hall–Kier alpha value is -2.28. The third-order valence-electron chi connectivity index (χ3n) is 2.50. The Morgan fingerprint density at radius 1 is 1.39 bits per heavy atom. The van der Waals surface area contributed by atoms with Crippen LogP contribution in [0.5, 0.6) is 0 Å². The highest BCUT2D eigenvalue weighted by atomic mass is 32.1. The van der Waals surface area contributed by atoms with Crippen LogP contribution in [0, 0.1) is 0 Å². The Morgan fingerprint density at radius 3 is 3.00 bits per heavy atom. The first-order valence-corrected chi connectivity index (χ1v) is 6.09. The van der Waals surface area contributed by atoms with Gasteiger partial charge in [-0.05, 0) is 5.56 Å². The number of benzene rings is 1. The van der Waals surface area contributed by atoms with E-state index in [0.717, 1.165) is 21.1 Å². The molecule has 0 aliphatic heterocycles. The van der Waals surface area contributed by atoms with Crippen LogP contribution in [-0.2, 0) is 11.2 Å². The van der Waals surface area contributed by atoms with E-state index >= 15 is 0 Å². The molecule has 0 saturated carbocycles. The Bertz CT molecular complexity index is 688. The van der Waals surface area contributed by atoms with E-state index in [9.17, 15) is 4.79 Å². The number of primary amides is 1. The van der Waals surface area contributed by atoms with Gasteiger partial charge in [-0.3, -0.25) is 4.79 Å². The number of carbonyl (C=O) groups excluding carboxylic acids is 1. The fraction of sp³-hybridized carbons (Fsp3) is 0.0909. The van der Waals surface area contributed by atoms with Crippen LogP contribution < -0.4 is 5.73 Å². The van der Waals surface area contributed by atoms with Gasteiger partial charge in [-0.15, -0.1) is 10.2 Å². The number of nitrogens with zero attached hydrogens (tertiary/aromatic N) is 4. The first kappa shape index (κ1) is 10.8. The third-order valence-corrected chi connectivity index (χ3v) is 3.45. The highest BCUT2D eigenvalue weighted by molar-refractivity contribution is 7.19. The van der Waals surface area contributed by atoms with Crippen LogP contribution in [0.3, 0.4) is 0 Å². The van der Waals surface area contributed by atoms with Gasteiger partial charge in [0.2, 0.25) is 10.9 Å². The Kier molecular flexibility index (Phi) is 2.52. The van der Waals surface area contributed by atoms with E-state index < -0.39 is 0 Å². The Balaban J connectivity index is 2.10. The van der Waals surface area contributed by atoms with Gasteiger partial charge in [-0.1, -0.05) is 35.6 Å². The topological polar surface area (TPSA) is 86.2 Å². The summed E-state index contributed by atoms with van der Waals surface area (Å²) in [4.78, 5) is 11.8. The van der Waals surface area contributed by atoms with Crippen LogP contribution in [0.1, 0.15) is 5.56 Å². The summed E-state index contributed by atoms with van der Waals surface area (Å²) in [7, 11) is 0. The van der Waals surface area contributed by atoms with E-state index in [1.165, 1.54) is 11.3 Å². The lowest BCUT2D eigenvalue weighted by atomic mass is 10.1. The lowest BCUT2D eigenvalue weighted by molar-refractivity contribution is -0.117. The molecule has 2 N–H and O–H groups in total. The number of nitrogens with two attached hydrogens (primary N) is 1. The van der Waals surface area contributed by atoms with Gasteiger partial charge in [0.25, 0.3) is 0 Å². The van der Waals surface area contributed by atoms with Crippen LogP contribution in [0.2, 0.25) is 0 Å². The number of hydrogen-bond acceptors (Lipinski definition) is 5. The molecule has 0 unspecified atom stereocenters. The van der Waals surface area contributed by atoms with Crippen molar-refractivity contribution in [2.75, 3.05) is 0 Å². The van der Waals surface area contributed by atoms with Crippen molar-refractivity contribution < 1.29 is 4.79 Å². The van der Waals surface area contributed by atoms with E-state index in [1.54, 1.807) is 10.8 Å². The highest BCUT2D eigenvalue weighted by Crippen LogP contribution is 2.27. The summed E-state index contributed by atoms with van der Waals surface area (Å²) >= 11 is 1.42. The van der Waals surface area contributed by atoms with Gasteiger partial charge >= 0.3 is 0 Å². The van der Waals surface area contributed by atoms with Crippen molar-refractivity contribution in [2.45, 2.75) is 6.42 Å². The van der Waals surface area contributed by atoms with Gasteiger partial charge < -0.3 is 5.73 Å². The van der Waals surface area contributed by atoms with E-state index in [0.29, 0.717) is 0 Å². The van der Waals surface area contributed by atoms with Gasteiger partial charge in [0, 0.05) is 5.56 Å². The SMILES string of the molecule is NC(=O)Cc1ccccc1-c1nn2cnnc2s1. The fourth-order valence-electron chi connectivity index (χ4n) is 1.74. The number of aromatic nitrogens is 4. The molecule has 0 saturated heterocycles. The largest absolute Gasteiger partial charge is 0.369 e. The molecule has 0 radical (unpaired) electrons. The lowest BCUT2D eigenvalue weighted by Gasteiger charge is -2.03. The quantitative estimate of drug-likeness (QED) is 0.756. The molecule has 18 heavy (non-hydrogen) atoms. The molecular weight excluding hydrogens is 250 g/mol. The molecule has 0 aliphatic carbocycles. The molecule has 90 valence electrons. The van der Waals surface area contributed by atoms with Gasteiger partial charge in [-0.2, -0.15) is 9.61 Å². The van der Waals surface area contributed by atoms with E-state index in [2.05, 4.69) is 15.3 Å². The molecule has 3 rings (SSSR count). The monoisotopic (exact) mass is 259 g/mol. The summed E-state index contributed by atoms with van der Waals surface area (Å²) in [5.41, 5.74) is 7.02. The standard InChI is InChI=1S/C11H9N5OS/c12-9(17)5-7-3-1-2-4-8(7)10-15-16-6-13-14-11(16)18-10/h1-4,6H,5H2,(H2,12,17). The molecule has 0 atom stereocenters. The molecule has 3 aromatic rings. The highest BCUT2D eigenvalue weighted by Gasteiger charge is 2.12. The predicted octanol–water partition coefficient (Wildman–Crippen LogP) is 0.881. The van der Waals surface area contributed by atoms with E-state index in [4.69, 9.17) is 5.73 Å². The average molecular weight is 259 g/mol. The zero-order valence-electron chi connectivity index (χ0n) is 9.28. The van der Waals surface area contributed by atoms with Crippen molar-refractivity contribution in [3.63, 3.8) is 0 Å². The second-order valence-corrected chi connectivity index (χ2v) is 4.72. The maximum Gasteiger partial charge on any atom is 0.234 e. The zero-order chi connectivity index (χ0) is 12.5. The molecule has 6 nitrogen and oxygen atoms in total. The summed E-state index contributed by atoms with van der Waals surface area (Å²) in [6, 6.07) is 7.58. The summed E-state index contributed by atoms with van der Waals surface area (Å²) in [6.45, 7) is 0. The third kappa shape index (κ3) is 1.84. The number of amides is 1. The molecule has 0 aliphatic rings. The van der Waals surface area contributed by atoms with Gasteiger partial charge in [0.15, 0.2) is 0 Å². The number of hydrogen-bond donors (Lipinski definition) is 1. The second kappa shape index (κ2) is 4.19. The van der Waals surface area contributed by atoms with E-state index in [1.807, 2.05) is 24.3 Å². The van der Waals surface area contributed by atoms with E-state index in [-0.39, 0.29) is 12.3 Å². The first-order chi connectivity index (χ1) is 8.74. The molecule has 7 heteroatoms. The smallest absolute Gasteiger partial charge is 0.234 e. The normalized spacial score (nSPS) is 10.9. The van der Waals surface area contributed by atoms with Gasteiger partial charge in [0.1, 0.15) is 11.3 Å². The number of carbonyl (C=O) groups is 1. The van der Waals surface area contributed by atoms with Crippen molar-refractivity contribution in [2.24, 2.45) is 5.73 Å². The summed E-state index contributed by atoms with van der Waals surface area (Å²) in [5.74, 6) is -0.356. The van der Waals surface area contributed by atoms with Crippen molar-refractivity contribution in [3.05, 3.63) is 36.2 Å². The predicted molar refractivity (Wildman–Crippen MR) is 67.0 cm³/mol. The van der Waals surface area contributed by atoms with Gasteiger partial charge in [0.05, 0.1) is 6.42 Å². The lowest BCUT2D eigenvalue weighted by Crippen LogP contribution is -2.14. The number of rotatable bonds is 3. The Labute approximate surface area is 106 Å². The van der Waals surface area contributed by atoms with Crippen LogP contribution >= 0.6 is 11.3 Å². The molecule has 0 fully saturated rings. The molecular formula is C11H9N5OS. The molecule has 0 bridgehead atoms. The van der Waals surface area contributed by atoms with Gasteiger partial charge in [-0.25, -0.2) is 0 Å². The van der Waals surface area contributed by atoms with Crippen LogP contribution in [0.4, 0.5) is 0 Å². The number of fused-ring (bicyclic) bond motifs is 1. The molecule has 2 aromatic heterocycles. The van der Waals surface area contributed by atoms with Crippen LogP contribution in [0.25, 0.3) is 15.5 Å². The maximum atomic E-state index is 11.1. The summed E-state index contributed by atoms with van der Waals surface area (Å²) in [6.07, 6.45) is 1.75. The fourth-order valence-corrected chi connectivity index (χ4v) is 2.62. The minimum atomic E-state index is -0.356. The van der Waals surface area contributed by atoms with Crippen molar-refractivity contribution in [3.8, 4) is 10.6 Å². The average Bonchev–Trinajstić information content (AvgIpc) is 2.89. The molecule has 0 spiro atoms. The molecule has 2 heterocycles. The van der Waals surface area contributed by atoms with Crippen molar-refractivity contribution in [1.29, 1.82) is 0 Å². The zero-order valence-corrected chi connectivity index (χ0v) is 10.1. The maximum absolute atomic E-state index is 11.1. The minimum Gasteiger partial charge on any atom is -0.369 e. The summed E-state index contributed by atoms with van der Waals surface area (Å²) in [5, 5.41) is 12.9. The van der Waals surface area contributed by atoms with Crippen molar-refractivity contribution >= 4 is 22.2 Å². The first-order valence-electron chi connectivity index (χ1n) is 5.27. The molecule has 1 amide bonds. The minimum absolute atomic E-state index is 0.205.